The Balaban J connectivity index is 2.22. The van der Waals surface area contributed by atoms with Crippen LogP contribution in [0.3, 0.4) is 0 Å². The summed E-state index contributed by atoms with van der Waals surface area (Å²) >= 11 is 7.96. The lowest BCUT2D eigenvalue weighted by atomic mass is 10.4. The number of hydrogen-bond acceptors (Lipinski definition) is 4. The molecule has 0 unspecified atom stereocenters. The quantitative estimate of drug-likeness (QED) is 0.891. The van der Waals surface area contributed by atoms with Crippen LogP contribution in [0.2, 0.25) is 0 Å². The Hall–Kier alpha value is -0.730. The summed E-state index contributed by atoms with van der Waals surface area (Å²) in [6, 6.07) is 0. The minimum atomic E-state index is -0.224. The molecule has 0 radical (unpaired) electrons. The van der Waals surface area contributed by atoms with Crippen molar-refractivity contribution >= 4 is 54.2 Å². The van der Waals surface area contributed by atoms with E-state index < -0.39 is 0 Å². The molecule has 0 saturated heterocycles. The zero-order chi connectivity index (χ0) is 12.4. The van der Waals surface area contributed by atoms with Crippen molar-refractivity contribution in [1.82, 2.24) is 14.8 Å². The molecule has 0 saturated carbocycles. The summed E-state index contributed by atoms with van der Waals surface area (Å²) in [6.45, 7) is 2.56. The number of carbonyl (C=O) groups is 1. The Bertz CT molecular complexity index is 551. The first-order valence-corrected chi connectivity index (χ1v) is 7.16. The van der Waals surface area contributed by atoms with Gasteiger partial charge in [0, 0.05) is 6.54 Å². The van der Waals surface area contributed by atoms with Gasteiger partial charge in [-0.25, -0.2) is 4.98 Å². The van der Waals surface area contributed by atoms with Gasteiger partial charge < -0.3 is 0 Å². The van der Waals surface area contributed by atoms with E-state index in [0.29, 0.717) is 21.8 Å². The van der Waals surface area contributed by atoms with Crippen molar-refractivity contribution in [2.45, 2.75) is 13.5 Å². The number of rotatable bonds is 3. The third kappa shape index (κ3) is 2.75. The van der Waals surface area contributed by atoms with E-state index in [1.165, 1.54) is 11.3 Å². The van der Waals surface area contributed by atoms with E-state index in [9.17, 15) is 4.79 Å². The van der Waals surface area contributed by atoms with Crippen LogP contribution in [0, 0.1) is 0 Å². The molecule has 17 heavy (non-hydrogen) atoms. The molecular weight excluding hydrogens is 372 g/mol. The minimum Gasteiger partial charge on any atom is -0.296 e. The highest BCUT2D eigenvalue weighted by atomic mass is 79.9. The average molecular weight is 380 g/mol. The van der Waals surface area contributed by atoms with Gasteiger partial charge in [0.25, 0.3) is 5.91 Å². The van der Waals surface area contributed by atoms with Crippen molar-refractivity contribution in [3.05, 3.63) is 26.3 Å². The van der Waals surface area contributed by atoms with Crippen molar-refractivity contribution in [1.29, 1.82) is 0 Å². The van der Waals surface area contributed by atoms with Crippen molar-refractivity contribution in [2.24, 2.45) is 0 Å². The van der Waals surface area contributed by atoms with Crippen molar-refractivity contribution in [3.63, 3.8) is 0 Å². The lowest BCUT2D eigenvalue weighted by Crippen LogP contribution is -2.17. The summed E-state index contributed by atoms with van der Waals surface area (Å²) in [6.07, 6.45) is 3.25. The molecule has 2 heterocycles. The van der Waals surface area contributed by atoms with E-state index >= 15 is 0 Å². The van der Waals surface area contributed by atoms with Gasteiger partial charge in [-0.15, -0.1) is 0 Å². The Labute approximate surface area is 118 Å². The van der Waals surface area contributed by atoms with Gasteiger partial charge in [0.2, 0.25) is 0 Å². The van der Waals surface area contributed by atoms with Gasteiger partial charge in [-0.3, -0.25) is 14.8 Å². The first-order valence-electron chi connectivity index (χ1n) is 4.75. The molecule has 0 aromatic carbocycles. The van der Waals surface area contributed by atoms with Gasteiger partial charge in [-0.05, 0) is 38.8 Å². The lowest BCUT2D eigenvalue weighted by molar-refractivity contribution is 0.101. The molecule has 0 aliphatic rings. The number of halogens is 2. The van der Waals surface area contributed by atoms with Crippen molar-refractivity contribution in [3.8, 4) is 0 Å². The molecule has 5 nitrogen and oxygen atoms in total. The fourth-order valence-electron chi connectivity index (χ4n) is 1.30. The van der Waals surface area contributed by atoms with Crippen molar-refractivity contribution < 1.29 is 4.79 Å². The fraction of sp³-hybridized carbons (Fsp3) is 0.222. The van der Waals surface area contributed by atoms with Crippen molar-refractivity contribution in [2.75, 3.05) is 5.32 Å². The third-order valence-corrected chi connectivity index (χ3v) is 3.98. The van der Waals surface area contributed by atoms with Crippen LogP contribution < -0.4 is 5.32 Å². The SMILES string of the molecule is CCn1ncc(Br)c1C(=O)Nc1ncc(Br)s1. The molecule has 0 bridgehead atoms. The number of amides is 1. The first-order chi connectivity index (χ1) is 8.11. The maximum absolute atomic E-state index is 12.0. The summed E-state index contributed by atoms with van der Waals surface area (Å²) in [7, 11) is 0. The Morgan fingerprint density at radius 1 is 1.53 bits per heavy atom. The van der Waals surface area contributed by atoms with Crippen LogP contribution in [0.1, 0.15) is 17.4 Å². The predicted molar refractivity (Wildman–Crippen MR) is 73.4 cm³/mol. The number of nitrogens with one attached hydrogen (secondary N) is 1. The van der Waals surface area contributed by atoms with E-state index in [1.54, 1.807) is 17.1 Å². The zero-order valence-electron chi connectivity index (χ0n) is 8.78. The number of nitrogens with zero attached hydrogens (tertiary/aromatic N) is 3. The summed E-state index contributed by atoms with van der Waals surface area (Å²) in [5.41, 5.74) is 0.499. The van der Waals surface area contributed by atoms with E-state index in [0.717, 1.165) is 3.79 Å². The van der Waals surface area contributed by atoms with Crippen LogP contribution in [0.15, 0.2) is 20.7 Å². The van der Waals surface area contributed by atoms with Gasteiger partial charge in [0.05, 0.1) is 20.7 Å². The van der Waals surface area contributed by atoms with E-state index in [2.05, 4.69) is 47.3 Å². The molecule has 1 amide bonds. The Morgan fingerprint density at radius 2 is 2.29 bits per heavy atom. The second-order valence-corrected chi connectivity index (χ2v) is 6.34. The highest BCUT2D eigenvalue weighted by Crippen LogP contribution is 2.24. The highest BCUT2D eigenvalue weighted by Gasteiger charge is 2.17. The maximum atomic E-state index is 12.0. The summed E-state index contributed by atoms with van der Waals surface area (Å²) in [5.74, 6) is -0.224. The van der Waals surface area contributed by atoms with Crippen LogP contribution in [-0.2, 0) is 6.54 Å². The van der Waals surface area contributed by atoms with Crippen LogP contribution in [0.25, 0.3) is 0 Å². The average Bonchev–Trinajstić information content (AvgIpc) is 2.84. The molecule has 0 aliphatic heterocycles. The number of thiazole rings is 1. The van der Waals surface area contributed by atoms with Crippen LogP contribution in [0.4, 0.5) is 5.13 Å². The summed E-state index contributed by atoms with van der Waals surface area (Å²) < 4.78 is 3.17. The Morgan fingerprint density at radius 3 is 2.88 bits per heavy atom. The van der Waals surface area contributed by atoms with E-state index in [1.807, 2.05) is 6.92 Å². The van der Waals surface area contributed by atoms with Gasteiger partial charge in [0.1, 0.15) is 5.69 Å². The molecule has 2 aromatic heterocycles. The third-order valence-electron chi connectivity index (χ3n) is 2.01. The Kier molecular flexibility index (Phi) is 3.95. The normalized spacial score (nSPS) is 10.5. The minimum absolute atomic E-state index is 0.224. The number of anilines is 1. The summed E-state index contributed by atoms with van der Waals surface area (Å²) in [5, 5.41) is 7.37. The number of carbonyl (C=O) groups excluding carboxylic acids is 1. The molecule has 2 aromatic rings. The molecule has 0 atom stereocenters. The molecule has 0 spiro atoms. The lowest BCUT2D eigenvalue weighted by Gasteiger charge is -2.04. The van der Waals surface area contributed by atoms with Crippen LogP contribution in [0.5, 0.6) is 0 Å². The maximum Gasteiger partial charge on any atom is 0.276 e. The summed E-state index contributed by atoms with van der Waals surface area (Å²) in [4.78, 5) is 16.1. The monoisotopic (exact) mass is 378 g/mol. The molecular formula is C9H8Br2N4OS. The van der Waals surface area contributed by atoms with Gasteiger partial charge in [-0.1, -0.05) is 11.3 Å². The van der Waals surface area contributed by atoms with Gasteiger partial charge in [0.15, 0.2) is 5.13 Å². The number of aromatic nitrogens is 3. The van der Waals surface area contributed by atoms with Crippen LogP contribution >= 0.6 is 43.2 Å². The van der Waals surface area contributed by atoms with E-state index in [4.69, 9.17) is 0 Å². The number of aryl methyl sites for hydroxylation is 1. The molecule has 90 valence electrons. The molecule has 1 N–H and O–H groups in total. The number of hydrogen-bond donors (Lipinski definition) is 1. The smallest absolute Gasteiger partial charge is 0.276 e. The fourth-order valence-corrected chi connectivity index (χ4v) is 2.87. The first kappa shape index (κ1) is 12.7. The highest BCUT2D eigenvalue weighted by molar-refractivity contribution is 9.11. The topological polar surface area (TPSA) is 59.8 Å². The molecule has 2 rings (SSSR count). The predicted octanol–water partition coefficient (Wildman–Crippen LogP) is 3.14. The molecule has 0 fully saturated rings. The second kappa shape index (κ2) is 5.28. The molecule has 0 aliphatic carbocycles. The molecule has 8 heteroatoms. The van der Waals surface area contributed by atoms with E-state index in [-0.39, 0.29) is 5.91 Å². The van der Waals surface area contributed by atoms with Gasteiger partial charge in [-0.2, -0.15) is 5.10 Å². The van der Waals surface area contributed by atoms with Crippen LogP contribution in [-0.4, -0.2) is 20.7 Å². The standard InChI is InChI=1S/C9H8Br2N4OS/c1-2-15-7(5(10)3-13-15)8(16)14-9-12-4-6(11)17-9/h3-4H,2H2,1H3,(H,12,14,16). The second-order valence-electron chi connectivity index (χ2n) is 3.08. The largest absolute Gasteiger partial charge is 0.296 e. The zero-order valence-corrected chi connectivity index (χ0v) is 12.8. The van der Waals surface area contributed by atoms with Gasteiger partial charge >= 0.3 is 0 Å².